The van der Waals surface area contributed by atoms with Gasteiger partial charge in [-0.25, -0.2) is 0 Å². The summed E-state index contributed by atoms with van der Waals surface area (Å²) >= 11 is 1.89. The first-order valence-electron chi connectivity index (χ1n) is 6.60. The molecule has 0 bridgehead atoms. The second kappa shape index (κ2) is 5.00. The Kier molecular flexibility index (Phi) is 3.37. The minimum absolute atomic E-state index is 0.335. The van der Waals surface area contributed by atoms with E-state index >= 15 is 0 Å². The molecule has 1 aromatic heterocycles. The van der Waals surface area contributed by atoms with Crippen LogP contribution >= 0.6 is 11.3 Å². The van der Waals surface area contributed by atoms with Crippen LogP contribution in [0, 0.1) is 0 Å². The van der Waals surface area contributed by atoms with Gasteiger partial charge in [-0.1, -0.05) is 18.2 Å². The molecule has 2 heterocycles. The largest absolute Gasteiger partial charge is 0.377 e. The molecule has 3 heteroatoms. The Hall–Kier alpha value is -0.900. The summed E-state index contributed by atoms with van der Waals surface area (Å²) in [7, 11) is 0. The quantitative estimate of drug-likeness (QED) is 0.909. The van der Waals surface area contributed by atoms with Gasteiger partial charge >= 0.3 is 0 Å². The molecule has 0 saturated carbocycles. The standard InChI is InChI=1S/C15H19NOS/c1-10(16-13-7-8-17-11(13)2)15-9-12-5-3-4-6-14(12)18-15/h3-6,9-11,13,16H,7-8H2,1-2H3. The number of fused-ring (bicyclic) bond motifs is 1. The van der Waals surface area contributed by atoms with Gasteiger partial charge in [0.1, 0.15) is 0 Å². The van der Waals surface area contributed by atoms with Crippen LogP contribution in [0.5, 0.6) is 0 Å². The Morgan fingerprint density at radius 2 is 2.22 bits per heavy atom. The third kappa shape index (κ3) is 2.30. The molecule has 1 aliphatic heterocycles. The molecular weight excluding hydrogens is 242 g/mol. The lowest BCUT2D eigenvalue weighted by atomic mass is 10.1. The van der Waals surface area contributed by atoms with Crippen LogP contribution in [-0.4, -0.2) is 18.8 Å². The molecule has 18 heavy (non-hydrogen) atoms. The van der Waals surface area contributed by atoms with E-state index in [4.69, 9.17) is 4.74 Å². The third-order valence-corrected chi connectivity index (χ3v) is 5.01. The maximum Gasteiger partial charge on any atom is 0.0700 e. The van der Waals surface area contributed by atoms with Crippen molar-refractivity contribution in [3.05, 3.63) is 35.2 Å². The average molecular weight is 261 g/mol. The monoisotopic (exact) mass is 261 g/mol. The highest BCUT2D eigenvalue weighted by Crippen LogP contribution is 2.30. The van der Waals surface area contributed by atoms with Gasteiger partial charge in [0, 0.05) is 28.3 Å². The van der Waals surface area contributed by atoms with Crippen LogP contribution in [0.15, 0.2) is 30.3 Å². The van der Waals surface area contributed by atoms with E-state index in [0.717, 1.165) is 13.0 Å². The van der Waals surface area contributed by atoms with Gasteiger partial charge in [-0.15, -0.1) is 11.3 Å². The summed E-state index contributed by atoms with van der Waals surface area (Å²) in [4.78, 5) is 1.41. The second-order valence-corrected chi connectivity index (χ2v) is 6.16. The van der Waals surface area contributed by atoms with E-state index < -0.39 is 0 Å². The van der Waals surface area contributed by atoms with Crippen LogP contribution in [0.25, 0.3) is 10.1 Å². The van der Waals surface area contributed by atoms with Crippen molar-refractivity contribution in [2.24, 2.45) is 0 Å². The van der Waals surface area contributed by atoms with Crippen molar-refractivity contribution in [2.45, 2.75) is 38.5 Å². The third-order valence-electron chi connectivity index (χ3n) is 3.71. The number of thiophene rings is 1. The van der Waals surface area contributed by atoms with Gasteiger partial charge < -0.3 is 10.1 Å². The van der Waals surface area contributed by atoms with Gasteiger partial charge in [0.15, 0.2) is 0 Å². The van der Waals surface area contributed by atoms with E-state index in [-0.39, 0.29) is 0 Å². The zero-order valence-corrected chi connectivity index (χ0v) is 11.7. The normalized spacial score (nSPS) is 25.7. The van der Waals surface area contributed by atoms with E-state index in [1.807, 2.05) is 11.3 Å². The van der Waals surface area contributed by atoms with Crippen molar-refractivity contribution in [2.75, 3.05) is 6.61 Å². The lowest BCUT2D eigenvalue weighted by Crippen LogP contribution is -2.36. The first-order valence-corrected chi connectivity index (χ1v) is 7.42. The minimum atomic E-state index is 0.335. The van der Waals surface area contributed by atoms with Crippen LogP contribution < -0.4 is 5.32 Å². The molecule has 1 fully saturated rings. The summed E-state index contributed by atoms with van der Waals surface area (Å²) in [5.74, 6) is 0. The van der Waals surface area contributed by atoms with Gasteiger partial charge in [0.05, 0.1) is 6.10 Å². The Morgan fingerprint density at radius 1 is 1.39 bits per heavy atom. The van der Waals surface area contributed by atoms with Crippen LogP contribution in [0.3, 0.4) is 0 Å². The molecule has 0 spiro atoms. The highest BCUT2D eigenvalue weighted by Gasteiger charge is 2.25. The molecule has 1 aliphatic rings. The van der Waals surface area contributed by atoms with Crippen molar-refractivity contribution in [1.29, 1.82) is 0 Å². The van der Waals surface area contributed by atoms with Crippen molar-refractivity contribution < 1.29 is 4.74 Å². The number of ether oxygens (including phenoxy) is 1. The lowest BCUT2D eigenvalue weighted by Gasteiger charge is -2.20. The van der Waals surface area contributed by atoms with E-state index in [2.05, 4.69) is 49.5 Å². The molecule has 1 saturated heterocycles. The summed E-state index contributed by atoms with van der Waals surface area (Å²) < 4.78 is 6.97. The predicted octanol–water partition coefficient (Wildman–Crippen LogP) is 3.73. The molecule has 0 amide bonds. The second-order valence-electron chi connectivity index (χ2n) is 5.05. The minimum Gasteiger partial charge on any atom is -0.377 e. The highest BCUT2D eigenvalue weighted by atomic mass is 32.1. The van der Waals surface area contributed by atoms with Gasteiger partial charge in [0.25, 0.3) is 0 Å². The first kappa shape index (κ1) is 12.2. The zero-order chi connectivity index (χ0) is 12.5. The van der Waals surface area contributed by atoms with Crippen molar-refractivity contribution in [3.63, 3.8) is 0 Å². The topological polar surface area (TPSA) is 21.3 Å². The molecule has 2 aromatic rings. The van der Waals surface area contributed by atoms with E-state index in [1.54, 1.807) is 0 Å². The van der Waals surface area contributed by atoms with Crippen LogP contribution in [-0.2, 0) is 4.74 Å². The number of rotatable bonds is 3. The Balaban J connectivity index is 1.77. The lowest BCUT2D eigenvalue weighted by molar-refractivity contribution is 0.111. The Labute approximate surface area is 112 Å². The molecule has 0 aliphatic carbocycles. The molecule has 3 unspecified atom stereocenters. The maximum atomic E-state index is 5.60. The molecule has 0 radical (unpaired) electrons. The molecular formula is C15H19NOS. The molecule has 2 nitrogen and oxygen atoms in total. The van der Waals surface area contributed by atoms with E-state index in [9.17, 15) is 0 Å². The number of hydrogen-bond donors (Lipinski definition) is 1. The fraction of sp³-hybridized carbons (Fsp3) is 0.467. The first-order chi connectivity index (χ1) is 8.74. The fourth-order valence-electron chi connectivity index (χ4n) is 2.57. The summed E-state index contributed by atoms with van der Waals surface area (Å²) in [6, 6.07) is 11.8. The van der Waals surface area contributed by atoms with Crippen LogP contribution in [0.1, 0.15) is 31.2 Å². The molecule has 1 N–H and O–H groups in total. The smallest absolute Gasteiger partial charge is 0.0700 e. The molecule has 1 aromatic carbocycles. The van der Waals surface area contributed by atoms with Gasteiger partial charge in [-0.3, -0.25) is 0 Å². The van der Waals surface area contributed by atoms with E-state index in [0.29, 0.717) is 18.2 Å². The van der Waals surface area contributed by atoms with Crippen LogP contribution in [0.4, 0.5) is 0 Å². The van der Waals surface area contributed by atoms with Gasteiger partial charge in [-0.2, -0.15) is 0 Å². The maximum absolute atomic E-state index is 5.60. The van der Waals surface area contributed by atoms with Crippen LogP contribution in [0.2, 0.25) is 0 Å². The summed E-state index contributed by atoms with van der Waals surface area (Å²) in [5.41, 5.74) is 0. The number of benzene rings is 1. The Bertz CT molecular complexity index is 503. The SMILES string of the molecule is CC(NC1CCOC1C)c1cc2ccccc2s1. The predicted molar refractivity (Wildman–Crippen MR) is 77.2 cm³/mol. The number of hydrogen-bond acceptors (Lipinski definition) is 3. The summed E-state index contributed by atoms with van der Waals surface area (Å²) in [6.07, 6.45) is 1.46. The average Bonchev–Trinajstić information content (AvgIpc) is 2.96. The zero-order valence-electron chi connectivity index (χ0n) is 10.8. The molecule has 3 atom stereocenters. The molecule has 3 rings (SSSR count). The van der Waals surface area contributed by atoms with Crippen molar-refractivity contribution >= 4 is 21.4 Å². The van der Waals surface area contributed by atoms with Gasteiger partial charge in [-0.05, 0) is 37.8 Å². The summed E-state index contributed by atoms with van der Waals surface area (Å²) in [6.45, 7) is 5.29. The fourth-order valence-corrected chi connectivity index (χ4v) is 3.65. The van der Waals surface area contributed by atoms with Crippen molar-refractivity contribution in [1.82, 2.24) is 5.32 Å². The highest BCUT2D eigenvalue weighted by molar-refractivity contribution is 7.19. The summed E-state index contributed by atoms with van der Waals surface area (Å²) in [5, 5.41) is 5.04. The van der Waals surface area contributed by atoms with Crippen molar-refractivity contribution in [3.8, 4) is 0 Å². The van der Waals surface area contributed by atoms with Gasteiger partial charge in [0.2, 0.25) is 0 Å². The van der Waals surface area contributed by atoms with E-state index in [1.165, 1.54) is 15.0 Å². The number of nitrogens with one attached hydrogen (secondary N) is 1. The Morgan fingerprint density at radius 3 is 2.94 bits per heavy atom. The molecule has 96 valence electrons.